The second-order valence-corrected chi connectivity index (χ2v) is 7.54. The molecule has 0 saturated heterocycles. The van der Waals surface area contributed by atoms with Crippen LogP contribution >= 0.6 is 0 Å². The Kier molecular flexibility index (Phi) is 6.96. The van der Waals surface area contributed by atoms with Gasteiger partial charge in [0.15, 0.2) is 0 Å². The fraction of sp³-hybridized carbons (Fsp3) is 0.115. The Bertz CT molecular complexity index is 1420. The highest BCUT2D eigenvalue weighted by Gasteiger charge is 2.14. The molecule has 0 aliphatic rings. The lowest BCUT2D eigenvalue weighted by atomic mass is 10.1. The predicted molar refractivity (Wildman–Crippen MR) is 129 cm³/mol. The zero-order valence-electron chi connectivity index (χ0n) is 19.1. The number of anilines is 1. The van der Waals surface area contributed by atoms with Crippen molar-refractivity contribution in [3.63, 3.8) is 0 Å². The first-order chi connectivity index (χ1) is 17.0. The number of hydrogen-bond acceptors (Lipinski definition) is 7. The lowest BCUT2D eigenvalue weighted by Gasteiger charge is -2.12. The first-order valence-electron chi connectivity index (χ1n) is 10.6. The third-order valence-corrected chi connectivity index (χ3v) is 5.19. The molecule has 176 valence electrons. The molecule has 0 aliphatic heterocycles. The van der Waals surface area contributed by atoms with Crippen molar-refractivity contribution in [3.05, 3.63) is 95.3 Å². The van der Waals surface area contributed by atoms with Crippen LogP contribution in [0.2, 0.25) is 0 Å². The monoisotopic (exact) mass is 470 g/mol. The Hall–Kier alpha value is -4.79. The summed E-state index contributed by atoms with van der Waals surface area (Å²) in [6.07, 6.45) is 3.14. The van der Waals surface area contributed by atoms with Crippen LogP contribution in [0.15, 0.2) is 73.1 Å². The summed E-state index contributed by atoms with van der Waals surface area (Å²) in [6, 6.07) is 16.5. The third-order valence-electron chi connectivity index (χ3n) is 5.19. The molecule has 4 rings (SSSR count). The molecule has 0 unspecified atom stereocenters. The fourth-order valence-corrected chi connectivity index (χ4v) is 3.46. The molecule has 35 heavy (non-hydrogen) atoms. The maximum atomic E-state index is 12.7. The molecule has 0 spiro atoms. The minimum absolute atomic E-state index is 0.115. The van der Waals surface area contributed by atoms with Crippen molar-refractivity contribution < 1.29 is 23.9 Å². The lowest BCUT2D eigenvalue weighted by Crippen LogP contribution is -2.23. The highest BCUT2D eigenvalue weighted by Crippen LogP contribution is 2.19. The Balaban J connectivity index is 1.53. The van der Waals surface area contributed by atoms with E-state index in [9.17, 15) is 14.4 Å². The number of amides is 2. The van der Waals surface area contributed by atoms with Crippen LogP contribution in [0.25, 0.3) is 11.0 Å². The normalized spacial score (nSPS) is 10.5. The Morgan fingerprint density at radius 2 is 1.57 bits per heavy atom. The largest absolute Gasteiger partial charge is 0.497 e. The number of carbonyl (C=O) groups is 3. The molecular weight excluding hydrogens is 448 g/mol. The van der Waals surface area contributed by atoms with E-state index in [4.69, 9.17) is 9.47 Å². The van der Waals surface area contributed by atoms with Gasteiger partial charge in [0.2, 0.25) is 0 Å². The summed E-state index contributed by atoms with van der Waals surface area (Å²) in [4.78, 5) is 46.1. The molecule has 1 aromatic heterocycles. The predicted octanol–water partition coefficient (Wildman–Crippen LogP) is 3.61. The number of fused-ring (bicyclic) bond motifs is 1. The molecule has 0 bridgehead atoms. The highest BCUT2D eigenvalue weighted by atomic mass is 16.5. The number of ether oxygens (including phenoxy) is 2. The van der Waals surface area contributed by atoms with E-state index in [1.54, 1.807) is 67.0 Å². The summed E-state index contributed by atoms with van der Waals surface area (Å²) in [6.45, 7) is 0.115. The zero-order chi connectivity index (χ0) is 24.8. The number of methoxy groups -OCH3 is 2. The van der Waals surface area contributed by atoms with Gasteiger partial charge in [0, 0.05) is 35.8 Å². The summed E-state index contributed by atoms with van der Waals surface area (Å²) >= 11 is 0. The first kappa shape index (κ1) is 23.4. The Morgan fingerprint density at radius 3 is 2.34 bits per heavy atom. The molecule has 9 heteroatoms. The molecule has 0 atom stereocenters. The summed E-state index contributed by atoms with van der Waals surface area (Å²) in [7, 11) is 2.79. The van der Waals surface area contributed by atoms with Crippen LogP contribution in [-0.4, -0.2) is 42.0 Å². The van der Waals surface area contributed by atoms with Gasteiger partial charge in [-0.2, -0.15) is 0 Å². The van der Waals surface area contributed by atoms with E-state index in [0.717, 1.165) is 0 Å². The van der Waals surface area contributed by atoms with Crippen LogP contribution in [-0.2, 0) is 11.3 Å². The number of nitrogens with zero attached hydrogens (tertiary/aromatic N) is 2. The second kappa shape index (κ2) is 10.4. The third kappa shape index (κ3) is 5.59. The summed E-state index contributed by atoms with van der Waals surface area (Å²) in [5, 5.41) is 5.60. The number of aromatic nitrogens is 2. The van der Waals surface area contributed by atoms with Crippen molar-refractivity contribution in [2.45, 2.75) is 6.54 Å². The molecule has 1 heterocycles. The Labute approximate surface area is 201 Å². The fourth-order valence-electron chi connectivity index (χ4n) is 3.46. The molecule has 0 saturated carbocycles. The average Bonchev–Trinajstić information content (AvgIpc) is 2.90. The molecule has 2 amide bonds. The van der Waals surface area contributed by atoms with E-state index in [1.807, 2.05) is 0 Å². The van der Waals surface area contributed by atoms with Crippen LogP contribution in [0, 0.1) is 0 Å². The van der Waals surface area contributed by atoms with Gasteiger partial charge in [-0.1, -0.05) is 6.07 Å². The van der Waals surface area contributed by atoms with Crippen molar-refractivity contribution in [2.24, 2.45) is 0 Å². The summed E-state index contributed by atoms with van der Waals surface area (Å²) in [5.41, 5.74) is 3.33. The van der Waals surface area contributed by atoms with Crippen molar-refractivity contribution in [1.82, 2.24) is 15.3 Å². The van der Waals surface area contributed by atoms with Gasteiger partial charge >= 0.3 is 5.97 Å². The molecule has 4 aromatic rings. The van der Waals surface area contributed by atoms with Gasteiger partial charge in [-0.25, -0.2) is 4.79 Å². The number of hydrogen-bond donors (Lipinski definition) is 2. The number of rotatable bonds is 7. The number of benzene rings is 3. The first-order valence-corrected chi connectivity index (χ1v) is 10.6. The zero-order valence-corrected chi connectivity index (χ0v) is 19.1. The van der Waals surface area contributed by atoms with Crippen LogP contribution in [0.4, 0.5) is 5.69 Å². The number of nitrogens with one attached hydrogen (secondary N) is 2. The smallest absolute Gasteiger partial charge is 0.337 e. The van der Waals surface area contributed by atoms with Gasteiger partial charge in [0.25, 0.3) is 11.8 Å². The Morgan fingerprint density at radius 1 is 0.800 bits per heavy atom. The SMILES string of the molecule is COC(=O)c1cc(CNC(=O)c2ccc3nccnc3c2)cc(NC(=O)c2cccc(OC)c2)c1. The maximum absolute atomic E-state index is 12.7. The minimum Gasteiger partial charge on any atom is -0.497 e. The molecule has 2 N–H and O–H groups in total. The van der Waals surface area contributed by atoms with E-state index >= 15 is 0 Å². The molecule has 0 radical (unpaired) electrons. The van der Waals surface area contributed by atoms with E-state index in [1.165, 1.54) is 20.3 Å². The van der Waals surface area contributed by atoms with Gasteiger partial charge in [0.05, 0.1) is 30.8 Å². The molecule has 9 nitrogen and oxygen atoms in total. The van der Waals surface area contributed by atoms with Crippen LogP contribution in [0.5, 0.6) is 5.75 Å². The summed E-state index contributed by atoms with van der Waals surface area (Å²) < 4.78 is 10.00. The van der Waals surface area contributed by atoms with Crippen molar-refractivity contribution in [3.8, 4) is 5.75 Å². The summed E-state index contributed by atoms with van der Waals surface area (Å²) in [5.74, 6) is -0.714. The van der Waals surface area contributed by atoms with E-state index < -0.39 is 5.97 Å². The molecule has 0 aliphatic carbocycles. The van der Waals surface area contributed by atoms with Gasteiger partial charge in [-0.3, -0.25) is 19.6 Å². The minimum atomic E-state index is -0.567. The highest BCUT2D eigenvalue weighted by molar-refractivity contribution is 6.05. The number of esters is 1. The molecule has 0 fully saturated rings. The van der Waals surface area contributed by atoms with Crippen molar-refractivity contribution >= 4 is 34.5 Å². The molecule has 3 aromatic carbocycles. The van der Waals surface area contributed by atoms with Gasteiger partial charge in [0.1, 0.15) is 5.75 Å². The second-order valence-electron chi connectivity index (χ2n) is 7.54. The van der Waals surface area contributed by atoms with Crippen LogP contribution in [0.1, 0.15) is 36.6 Å². The van der Waals surface area contributed by atoms with E-state index in [2.05, 4.69) is 20.6 Å². The maximum Gasteiger partial charge on any atom is 0.337 e. The molecular formula is C26H22N4O5. The van der Waals surface area contributed by atoms with Crippen LogP contribution in [0.3, 0.4) is 0 Å². The topological polar surface area (TPSA) is 120 Å². The van der Waals surface area contributed by atoms with Crippen molar-refractivity contribution in [1.29, 1.82) is 0 Å². The van der Waals surface area contributed by atoms with E-state index in [-0.39, 0.29) is 23.9 Å². The van der Waals surface area contributed by atoms with Gasteiger partial charge in [-0.05, 0) is 60.2 Å². The lowest BCUT2D eigenvalue weighted by molar-refractivity contribution is 0.0600. The van der Waals surface area contributed by atoms with E-state index in [0.29, 0.717) is 39.2 Å². The quantitative estimate of drug-likeness (QED) is 0.396. The average molecular weight is 470 g/mol. The number of carbonyl (C=O) groups excluding carboxylic acids is 3. The standard InChI is InChI=1S/C26H22N4O5/c1-34-21-5-3-4-17(13-21)25(32)30-20-11-16(10-19(12-20)26(33)35-2)15-29-24(31)18-6-7-22-23(14-18)28-9-8-27-22/h3-14H,15H2,1-2H3,(H,29,31)(H,30,32). The van der Waals surface area contributed by atoms with Crippen molar-refractivity contribution in [2.75, 3.05) is 19.5 Å². The van der Waals surface area contributed by atoms with Gasteiger partial charge < -0.3 is 20.1 Å². The van der Waals surface area contributed by atoms with Gasteiger partial charge in [-0.15, -0.1) is 0 Å². The van der Waals surface area contributed by atoms with Crippen LogP contribution < -0.4 is 15.4 Å².